The summed E-state index contributed by atoms with van der Waals surface area (Å²) >= 11 is 0. The van der Waals surface area contributed by atoms with Crippen LogP contribution in [0.25, 0.3) is 0 Å². The number of nitrogens with one attached hydrogen (secondary N) is 1. The Balaban J connectivity index is 1.68. The van der Waals surface area contributed by atoms with E-state index >= 15 is 0 Å². The Labute approximate surface area is 158 Å². The maximum Gasteiger partial charge on any atom is 0.410 e. The van der Waals surface area contributed by atoms with Crippen molar-refractivity contribution in [3.63, 3.8) is 0 Å². The van der Waals surface area contributed by atoms with Gasteiger partial charge in [-0.2, -0.15) is 0 Å². The lowest BCUT2D eigenvalue weighted by atomic mass is 9.93. The largest absolute Gasteiger partial charge is 0.444 e. The van der Waals surface area contributed by atoms with Crippen LogP contribution in [0.15, 0.2) is 4.99 Å². The van der Waals surface area contributed by atoms with Gasteiger partial charge in [0, 0.05) is 59.4 Å². The molecule has 26 heavy (non-hydrogen) atoms. The van der Waals surface area contributed by atoms with Crippen LogP contribution in [0.2, 0.25) is 0 Å². The lowest BCUT2D eigenvalue weighted by Crippen LogP contribution is -2.52. The van der Waals surface area contributed by atoms with Gasteiger partial charge in [0.05, 0.1) is 0 Å². The molecule has 150 valence electrons. The molecule has 1 amide bonds. The van der Waals surface area contributed by atoms with Crippen LogP contribution >= 0.6 is 0 Å². The molecule has 0 bridgehead atoms. The number of amides is 1. The second kappa shape index (κ2) is 8.46. The highest BCUT2D eigenvalue weighted by atomic mass is 16.6. The molecule has 2 fully saturated rings. The summed E-state index contributed by atoms with van der Waals surface area (Å²) in [4.78, 5) is 23.1. The Hall–Kier alpha value is -1.50. The zero-order valence-electron chi connectivity index (χ0n) is 17.5. The molecular weight excluding hydrogens is 330 g/mol. The quantitative estimate of drug-likeness (QED) is 0.609. The number of carbonyl (C=O) groups is 1. The van der Waals surface area contributed by atoms with Crippen LogP contribution in [-0.2, 0) is 4.74 Å². The van der Waals surface area contributed by atoms with Crippen molar-refractivity contribution in [3.8, 4) is 0 Å². The molecule has 0 saturated carbocycles. The molecule has 0 radical (unpaired) electrons. The smallest absolute Gasteiger partial charge is 0.410 e. The number of aliphatic imine (C=N–C) groups is 1. The monoisotopic (exact) mass is 367 g/mol. The average molecular weight is 368 g/mol. The number of hydrogen-bond donors (Lipinski definition) is 1. The molecule has 2 saturated heterocycles. The lowest BCUT2D eigenvalue weighted by molar-refractivity contribution is 0.0147. The summed E-state index contributed by atoms with van der Waals surface area (Å²) < 4.78 is 5.45. The minimum Gasteiger partial charge on any atom is -0.444 e. The third kappa shape index (κ3) is 6.34. The van der Waals surface area contributed by atoms with E-state index in [1.165, 1.54) is 6.42 Å². The second-order valence-electron chi connectivity index (χ2n) is 9.12. The van der Waals surface area contributed by atoms with E-state index in [1.807, 2.05) is 27.8 Å². The van der Waals surface area contributed by atoms with Crippen molar-refractivity contribution in [3.05, 3.63) is 0 Å². The molecule has 7 heteroatoms. The van der Waals surface area contributed by atoms with E-state index in [4.69, 9.17) is 4.74 Å². The zero-order valence-corrected chi connectivity index (χ0v) is 17.5. The maximum absolute atomic E-state index is 12.1. The van der Waals surface area contributed by atoms with Gasteiger partial charge in [0.1, 0.15) is 5.60 Å². The molecule has 1 N–H and O–H groups in total. The Morgan fingerprint density at radius 1 is 1.12 bits per heavy atom. The van der Waals surface area contributed by atoms with E-state index in [2.05, 4.69) is 34.0 Å². The minimum absolute atomic E-state index is 0.202. The first-order chi connectivity index (χ1) is 12.1. The predicted octanol–water partition coefficient (Wildman–Crippen LogP) is 1.85. The average Bonchev–Trinajstić information content (AvgIpc) is 2.90. The fraction of sp³-hybridized carbons (Fsp3) is 0.895. The van der Waals surface area contributed by atoms with Crippen LogP contribution in [0, 0.1) is 5.41 Å². The van der Waals surface area contributed by atoms with E-state index in [0.29, 0.717) is 5.41 Å². The van der Waals surface area contributed by atoms with Crippen LogP contribution < -0.4 is 5.32 Å². The number of ether oxygens (including phenoxy) is 1. The summed E-state index contributed by atoms with van der Waals surface area (Å²) in [7, 11) is 1.85. The molecule has 7 nitrogen and oxygen atoms in total. The number of nitrogens with zero attached hydrogens (tertiary/aromatic N) is 4. The normalized spacial score (nSPS) is 21.8. The van der Waals surface area contributed by atoms with Crippen molar-refractivity contribution in [1.29, 1.82) is 0 Å². The Bertz CT molecular complexity index is 505. The van der Waals surface area contributed by atoms with Crippen LogP contribution in [0.1, 0.15) is 41.0 Å². The van der Waals surface area contributed by atoms with E-state index in [0.717, 1.165) is 58.3 Å². The number of carbonyl (C=O) groups excluding carboxylic acids is 1. The van der Waals surface area contributed by atoms with Crippen LogP contribution in [-0.4, -0.2) is 91.8 Å². The van der Waals surface area contributed by atoms with Gasteiger partial charge >= 0.3 is 6.09 Å². The number of piperazine rings is 1. The van der Waals surface area contributed by atoms with Gasteiger partial charge in [0.25, 0.3) is 0 Å². The number of guanidine groups is 1. The maximum atomic E-state index is 12.1. The standard InChI is InChI=1S/C19H37N5O2/c1-18(2,3)26-17(25)23-13-11-22(12-14-23)10-8-21-16(20-6)24-9-7-19(4,5)15-24/h7-15H2,1-6H3,(H,20,21). The first-order valence-electron chi connectivity index (χ1n) is 9.75. The van der Waals surface area contributed by atoms with Gasteiger partial charge in [-0.1, -0.05) is 13.8 Å². The highest BCUT2D eigenvalue weighted by Gasteiger charge is 2.31. The number of likely N-dealkylation sites (tertiary alicyclic amines) is 1. The molecule has 2 rings (SSSR count). The molecule has 0 aromatic heterocycles. The van der Waals surface area contributed by atoms with Crippen molar-refractivity contribution in [2.75, 3.05) is 59.4 Å². The summed E-state index contributed by atoms with van der Waals surface area (Å²) in [6, 6.07) is 0. The van der Waals surface area contributed by atoms with Gasteiger partial charge < -0.3 is 19.9 Å². The van der Waals surface area contributed by atoms with Crippen LogP contribution in [0.3, 0.4) is 0 Å². The second-order valence-corrected chi connectivity index (χ2v) is 9.12. The Morgan fingerprint density at radius 2 is 1.77 bits per heavy atom. The molecule has 2 aliphatic rings. The summed E-state index contributed by atoms with van der Waals surface area (Å²) in [5, 5.41) is 3.49. The van der Waals surface area contributed by atoms with Crippen LogP contribution in [0.5, 0.6) is 0 Å². The molecule has 0 spiro atoms. The Morgan fingerprint density at radius 3 is 2.27 bits per heavy atom. The predicted molar refractivity (Wildman–Crippen MR) is 106 cm³/mol. The molecular formula is C19H37N5O2. The van der Waals surface area contributed by atoms with E-state index < -0.39 is 5.60 Å². The van der Waals surface area contributed by atoms with E-state index in [1.54, 1.807) is 4.90 Å². The molecule has 0 aromatic carbocycles. The molecule has 0 unspecified atom stereocenters. The molecule has 0 aliphatic carbocycles. The minimum atomic E-state index is -0.432. The molecule has 0 atom stereocenters. The van der Waals surface area contributed by atoms with Crippen molar-refractivity contribution in [2.45, 2.75) is 46.6 Å². The zero-order chi connectivity index (χ0) is 19.4. The summed E-state index contributed by atoms with van der Waals surface area (Å²) in [5.41, 5.74) is -0.0617. The van der Waals surface area contributed by atoms with Gasteiger partial charge in [-0.15, -0.1) is 0 Å². The van der Waals surface area contributed by atoms with Crippen molar-refractivity contribution >= 4 is 12.1 Å². The number of rotatable bonds is 3. The first-order valence-corrected chi connectivity index (χ1v) is 9.75. The topological polar surface area (TPSA) is 60.4 Å². The molecule has 2 heterocycles. The highest BCUT2D eigenvalue weighted by Crippen LogP contribution is 2.28. The fourth-order valence-corrected chi connectivity index (χ4v) is 3.43. The van der Waals surface area contributed by atoms with Crippen molar-refractivity contribution < 1.29 is 9.53 Å². The van der Waals surface area contributed by atoms with Gasteiger partial charge in [0.15, 0.2) is 5.96 Å². The van der Waals surface area contributed by atoms with Gasteiger partial charge in [-0.3, -0.25) is 9.89 Å². The van der Waals surface area contributed by atoms with Gasteiger partial charge in [0.2, 0.25) is 0 Å². The van der Waals surface area contributed by atoms with Crippen LogP contribution in [0.4, 0.5) is 4.79 Å². The summed E-state index contributed by atoms with van der Waals surface area (Å²) in [6.07, 6.45) is 1.01. The fourth-order valence-electron chi connectivity index (χ4n) is 3.43. The first kappa shape index (κ1) is 20.8. The van der Waals surface area contributed by atoms with E-state index in [9.17, 15) is 4.79 Å². The number of hydrogen-bond acceptors (Lipinski definition) is 4. The summed E-state index contributed by atoms with van der Waals surface area (Å²) in [6.45, 7) is 17.5. The van der Waals surface area contributed by atoms with Gasteiger partial charge in [-0.25, -0.2) is 4.79 Å². The SMILES string of the molecule is CN=C(NCCN1CCN(C(=O)OC(C)(C)C)CC1)N1CCC(C)(C)C1. The third-order valence-electron chi connectivity index (χ3n) is 4.92. The van der Waals surface area contributed by atoms with Crippen molar-refractivity contribution in [1.82, 2.24) is 20.0 Å². The lowest BCUT2D eigenvalue weighted by Gasteiger charge is -2.35. The van der Waals surface area contributed by atoms with Crippen molar-refractivity contribution in [2.24, 2.45) is 10.4 Å². The summed E-state index contributed by atoms with van der Waals surface area (Å²) in [5.74, 6) is 1.00. The van der Waals surface area contributed by atoms with Gasteiger partial charge in [-0.05, 0) is 32.6 Å². The highest BCUT2D eigenvalue weighted by molar-refractivity contribution is 5.80. The Kier molecular flexibility index (Phi) is 6.77. The van der Waals surface area contributed by atoms with E-state index in [-0.39, 0.29) is 6.09 Å². The molecule has 0 aromatic rings. The third-order valence-corrected chi connectivity index (χ3v) is 4.92. The molecule has 2 aliphatic heterocycles.